The average molecular weight is 199 g/mol. The lowest BCUT2D eigenvalue weighted by molar-refractivity contribution is 0.331. The molecule has 0 radical (unpaired) electrons. The number of nitrogens with one attached hydrogen (secondary N) is 1. The van der Waals surface area contributed by atoms with Crippen LogP contribution >= 0.6 is 0 Å². The topological polar surface area (TPSA) is 41.3 Å². The molecule has 84 valence electrons. The summed E-state index contributed by atoms with van der Waals surface area (Å²) >= 11 is 0. The van der Waals surface area contributed by atoms with Crippen molar-refractivity contribution in [3.8, 4) is 0 Å². The molecule has 1 rings (SSSR count). The zero-order chi connectivity index (χ0) is 10.6. The van der Waals surface area contributed by atoms with E-state index in [4.69, 9.17) is 5.73 Å². The fraction of sp³-hybridized carbons (Fsp3) is 1.00. The number of nitrogens with zero attached hydrogens (tertiary/aromatic N) is 1. The van der Waals surface area contributed by atoms with Crippen molar-refractivity contribution in [2.75, 3.05) is 39.8 Å². The first-order valence-corrected chi connectivity index (χ1v) is 5.63. The summed E-state index contributed by atoms with van der Waals surface area (Å²) in [7, 11) is 2.20. The van der Waals surface area contributed by atoms with Gasteiger partial charge in [-0.3, -0.25) is 0 Å². The van der Waals surface area contributed by atoms with E-state index < -0.39 is 0 Å². The molecule has 0 saturated carbocycles. The largest absolute Gasteiger partial charge is 0.330 e. The summed E-state index contributed by atoms with van der Waals surface area (Å²) in [6, 6.07) is 0. The molecule has 0 aromatic rings. The molecule has 0 bridgehead atoms. The van der Waals surface area contributed by atoms with E-state index in [0.717, 1.165) is 25.6 Å². The van der Waals surface area contributed by atoms with E-state index in [2.05, 4.69) is 31.1 Å². The Balaban J connectivity index is 2.10. The van der Waals surface area contributed by atoms with Crippen LogP contribution < -0.4 is 11.1 Å². The summed E-state index contributed by atoms with van der Waals surface area (Å²) in [6.07, 6.45) is 1.34. The van der Waals surface area contributed by atoms with Gasteiger partial charge >= 0.3 is 0 Å². The lowest BCUT2D eigenvalue weighted by atomic mass is 9.93. The Bertz CT molecular complexity index is 168. The third-order valence-corrected chi connectivity index (χ3v) is 3.08. The quantitative estimate of drug-likeness (QED) is 0.678. The SMILES string of the molecule is CN1CCC(CNCC(C)(C)CN)C1. The zero-order valence-corrected chi connectivity index (χ0v) is 9.84. The molecule has 3 heteroatoms. The van der Waals surface area contributed by atoms with Gasteiger partial charge < -0.3 is 16.0 Å². The average Bonchev–Trinajstić information content (AvgIpc) is 2.51. The summed E-state index contributed by atoms with van der Waals surface area (Å²) in [5.74, 6) is 0.841. The highest BCUT2D eigenvalue weighted by Crippen LogP contribution is 2.14. The zero-order valence-electron chi connectivity index (χ0n) is 9.84. The van der Waals surface area contributed by atoms with Crippen molar-refractivity contribution in [1.82, 2.24) is 10.2 Å². The smallest absolute Gasteiger partial charge is 0.00192 e. The van der Waals surface area contributed by atoms with Gasteiger partial charge in [0.15, 0.2) is 0 Å². The van der Waals surface area contributed by atoms with E-state index in [-0.39, 0.29) is 5.41 Å². The summed E-state index contributed by atoms with van der Waals surface area (Å²) in [6.45, 7) is 9.85. The van der Waals surface area contributed by atoms with E-state index in [9.17, 15) is 0 Å². The van der Waals surface area contributed by atoms with Crippen molar-refractivity contribution in [3.63, 3.8) is 0 Å². The van der Waals surface area contributed by atoms with Crippen molar-refractivity contribution in [3.05, 3.63) is 0 Å². The van der Waals surface area contributed by atoms with E-state index in [1.165, 1.54) is 19.5 Å². The third kappa shape index (κ3) is 3.95. The molecule has 1 fully saturated rings. The summed E-state index contributed by atoms with van der Waals surface area (Å²) in [5, 5.41) is 3.53. The Morgan fingerprint density at radius 1 is 1.50 bits per heavy atom. The monoisotopic (exact) mass is 199 g/mol. The summed E-state index contributed by atoms with van der Waals surface area (Å²) in [4.78, 5) is 2.40. The van der Waals surface area contributed by atoms with Crippen LogP contribution in [-0.4, -0.2) is 44.7 Å². The van der Waals surface area contributed by atoms with Crippen molar-refractivity contribution in [2.45, 2.75) is 20.3 Å². The van der Waals surface area contributed by atoms with Gasteiger partial charge in [0.25, 0.3) is 0 Å². The Labute approximate surface area is 88.0 Å². The van der Waals surface area contributed by atoms with Crippen molar-refractivity contribution >= 4 is 0 Å². The molecule has 1 heterocycles. The second kappa shape index (κ2) is 5.10. The minimum atomic E-state index is 0.241. The van der Waals surface area contributed by atoms with Gasteiger partial charge in [-0.05, 0) is 44.4 Å². The number of nitrogens with two attached hydrogens (primary N) is 1. The highest BCUT2D eigenvalue weighted by atomic mass is 15.1. The maximum absolute atomic E-state index is 5.67. The van der Waals surface area contributed by atoms with Crippen LogP contribution in [0.3, 0.4) is 0 Å². The predicted octanol–water partition coefficient (Wildman–Crippen LogP) is 0.513. The Morgan fingerprint density at radius 2 is 2.21 bits per heavy atom. The van der Waals surface area contributed by atoms with E-state index >= 15 is 0 Å². The van der Waals surface area contributed by atoms with Crippen molar-refractivity contribution in [1.29, 1.82) is 0 Å². The minimum absolute atomic E-state index is 0.241. The maximum atomic E-state index is 5.67. The van der Waals surface area contributed by atoms with Gasteiger partial charge in [0.1, 0.15) is 0 Å². The first-order valence-electron chi connectivity index (χ1n) is 5.63. The van der Waals surface area contributed by atoms with Crippen LogP contribution in [0.5, 0.6) is 0 Å². The highest BCUT2D eigenvalue weighted by Gasteiger charge is 2.20. The molecule has 1 unspecified atom stereocenters. The van der Waals surface area contributed by atoms with Gasteiger partial charge in [0.2, 0.25) is 0 Å². The van der Waals surface area contributed by atoms with E-state index in [1.54, 1.807) is 0 Å². The van der Waals surface area contributed by atoms with E-state index in [0.29, 0.717) is 0 Å². The lowest BCUT2D eigenvalue weighted by Gasteiger charge is -2.23. The first-order chi connectivity index (χ1) is 6.53. The summed E-state index contributed by atoms with van der Waals surface area (Å²) in [5.41, 5.74) is 5.91. The molecule has 1 atom stereocenters. The Morgan fingerprint density at radius 3 is 2.71 bits per heavy atom. The number of hydrogen-bond acceptors (Lipinski definition) is 3. The summed E-state index contributed by atoms with van der Waals surface area (Å²) < 4.78 is 0. The first kappa shape index (κ1) is 12.0. The van der Waals surface area contributed by atoms with Crippen LogP contribution in [0.15, 0.2) is 0 Å². The van der Waals surface area contributed by atoms with Gasteiger partial charge in [-0.25, -0.2) is 0 Å². The van der Waals surface area contributed by atoms with Gasteiger partial charge in [0.05, 0.1) is 0 Å². The highest BCUT2D eigenvalue weighted by molar-refractivity contribution is 4.77. The second-order valence-corrected chi connectivity index (χ2v) is 5.42. The molecule has 1 aliphatic rings. The molecule has 0 aromatic heterocycles. The fourth-order valence-electron chi connectivity index (χ4n) is 1.88. The predicted molar refractivity (Wildman–Crippen MR) is 61.3 cm³/mol. The molecule has 1 aliphatic heterocycles. The molecule has 0 aliphatic carbocycles. The molecule has 3 N–H and O–H groups in total. The molecule has 0 amide bonds. The fourth-order valence-corrected chi connectivity index (χ4v) is 1.88. The number of likely N-dealkylation sites (tertiary alicyclic amines) is 1. The molecular weight excluding hydrogens is 174 g/mol. The van der Waals surface area contributed by atoms with E-state index in [1.807, 2.05) is 0 Å². The van der Waals surface area contributed by atoms with Crippen LogP contribution in [0.1, 0.15) is 20.3 Å². The molecule has 3 nitrogen and oxygen atoms in total. The van der Waals surface area contributed by atoms with Gasteiger partial charge in [0, 0.05) is 13.1 Å². The van der Waals surface area contributed by atoms with Gasteiger partial charge in [-0.1, -0.05) is 13.8 Å². The number of rotatable bonds is 5. The Hall–Kier alpha value is -0.120. The molecule has 0 aromatic carbocycles. The van der Waals surface area contributed by atoms with Crippen molar-refractivity contribution in [2.24, 2.45) is 17.1 Å². The minimum Gasteiger partial charge on any atom is -0.330 e. The van der Waals surface area contributed by atoms with Crippen LogP contribution in [0, 0.1) is 11.3 Å². The molecular formula is C11H25N3. The lowest BCUT2D eigenvalue weighted by Crippen LogP contribution is -2.37. The molecule has 1 saturated heterocycles. The van der Waals surface area contributed by atoms with Crippen molar-refractivity contribution < 1.29 is 0 Å². The van der Waals surface area contributed by atoms with Gasteiger partial charge in [-0.15, -0.1) is 0 Å². The second-order valence-electron chi connectivity index (χ2n) is 5.42. The normalized spacial score (nSPS) is 24.4. The van der Waals surface area contributed by atoms with Gasteiger partial charge in [-0.2, -0.15) is 0 Å². The Kier molecular flexibility index (Phi) is 4.35. The van der Waals surface area contributed by atoms with Crippen LogP contribution in [0.4, 0.5) is 0 Å². The van der Waals surface area contributed by atoms with Crippen LogP contribution in [-0.2, 0) is 0 Å². The number of hydrogen-bond donors (Lipinski definition) is 2. The molecule has 0 spiro atoms. The molecule has 14 heavy (non-hydrogen) atoms. The van der Waals surface area contributed by atoms with Crippen LogP contribution in [0.2, 0.25) is 0 Å². The third-order valence-electron chi connectivity index (χ3n) is 3.08. The standard InChI is InChI=1S/C11H25N3/c1-11(2,8-12)9-13-6-10-4-5-14(3)7-10/h10,13H,4-9,12H2,1-3H3. The van der Waals surface area contributed by atoms with Crippen LogP contribution in [0.25, 0.3) is 0 Å². The maximum Gasteiger partial charge on any atom is 0.00192 e.